The minimum absolute atomic E-state index is 0.481. The van der Waals surface area contributed by atoms with Crippen LogP contribution in [-0.2, 0) is 6.54 Å². The van der Waals surface area contributed by atoms with E-state index in [1.165, 1.54) is 24.9 Å². The van der Waals surface area contributed by atoms with Crippen LogP contribution in [0.5, 0.6) is 0 Å². The molecule has 0 saturated carbocycles. The highest BCUT2D eigenvalue weighted by Gasteiger charge is 2.22. The van der Waals surface area contributed by atoms with Gasteiger partial charge in [-0.3, -0.25) is 0 Å². The Morgan fingerprint density at radius 1 is 0.857 bits per heavy atom. The first-order valence-electron chi connectivity index (χ1n) is 12.4. The van der Waals surface area contributed by atoms with Crippen molar-refractivity contribution in [1.82, 2.24) is 15.3 Å². The van der Waals surface area contributed by atoms with Crippen molar-refractivity contribution in [2.75, 3.05) is 59.3 Å². The summed E-state index contributed by atoms with van der Waals surface area (Å²) >= 11 is 5.53. The Morgan fingerprint density at radius 3 is 2.17 bits per heavy atom. The minimum Gasteiger partial charge on any atom is -0.465 e. The first kappa shape index (κ1) is 23.4. The van der Waals surface area contributed by atoms with Crippen molar-refractivity contribution in [1.29, 1.82) is 0 Å². The number of thiocarbonyl (C=S) groups is 1. The Morgan fingerprint density at radius 2 is 1.51 bits per heavy atom. The molecular weight excluding hydrogens is 458 g/mol. The third-order valence-electron chi connectivity index (χ3n) is 6.55. The topological polar surface area (TPSA) is 72.7 Å². The summed E-state index contributed by atoms with van der Waals surface area (Å²) < 4.78 is 5.62. The van der Waals surface area contributed by atoms with Gasteiger partial charge < -0.3 is 29.8 Å². The summed E-state index contributed by atoms with van der Waals surface area (Å²) in [7, 11) is 0. The molecular formula is C26H33N7OS. The lowest BCUT2D eigenvalue weighted by Crippen LogP contribution is -2.47. The van der Waals surface area contributed by atoms with Gasteiger partial charge in [-0.2, -0.15) is 9.97 Å². The molecule has 0 aliphatic carbocycles. The van der Waals surface area contributed by atoms with Crippen LogP contribution in [0.15, 0.2) is 52.9 Å². The summed E-state index contributed by atoms with van der Waals surface area (Å²) in [6, 6.07) is 16.6. The second-order valence-corrected chi connectivity index (χ2v) is 9.49. The molecule has 0 unspecified atom stereocenters. The monoisotopic (exact) mass is 491 g/mol. The molecule has 1 aromatic carbocycles. The largest absolute Gasteiger partial charge is 0.465 e. The Labute approximate surface area is 212 Å². The van der Waals surface area contributed by atoms with Crippen molar-refractivity contribution in [2.45, 2.75) is 32.7 Å². The highest BCUT2D eigenvalue weighted by atomic mass is 32.1. The van der Waals surface area contributed by atoms with Gasteiger partial charge in [-0.1, -0.05) is 18.2 Å². The summed E-state index contributed by atoms with van der Waals surface area (Å²) in [5, 5.41) is 6.88. The number of para-hydroxylation sites is 1. The molecule has 2 N–H and O–H groups in total. The minimum atomic E-state index is 0.481. The molecule has 184 valence electrons. The van der Waals surface area contributed by atoms with Crippen molar-refractivity contribution in [2.24, 2.45) is 0 Å². The maximum atomic E-state index is 5.62. The van der Waals surface area contributed by atoms with Gasteiger partial charge in [-0.05, 0) is 62.7 Å². The number of furan rings is 1. The number of nitrogens with one attached hydrogen (secondary N) is 2. The van der Waals surface area contributed by atoms with Crippen molar-refractivity contribution < 1.29 is 4.42 Å². The van der Waals surface area contributed by atoms with E-state index in [1.807, 2.05) is 19.1 Å². The second-order valence-electron chi connectivity index (χ2n) is 9.09. The van der Waals surface area contributed by atoms with E-state index < -0.39 is 0 Å². The summed E-state index contributed by atoms with van der Waals surface area (Å²) in [5.74, 6) is 4.16. The van der Waals surface area contributed by atoms with Crippen LogP contribution in [0, 0.1) is 6.92 Å². The molecule has 35 heavy (non-hydrogen) atoms. The van der Waals surface area contributed by atoms with E-state index in [2.05, 4.69) is 61.7 Å². The normalized spacial score (nSPS) is 16.3. The number of aromatic nitrogens is 2. The Balaban J connectivity index is 1.29. The first-order valence-corrected chi connectivity index (χ1v) is 12.8. The molecule has 2 fully saturated rings. The lowest BCUT2D eigenvalue weighted by molar-refractivity contribution is 0.478. The van der Waals surface area contributed by atoms with Gasteiger partial charge in [0.15, 0.2) is 5.11 Å². The fourth-order valence-electron chi connectivity index (χ4n) is 4.65. The Hall–Kier alpha value is -3.33. The maximum absolute atomic E-state index is 5.62. The van der Waals surface area contributed by atoms with E-state index in [1.54, 1.807) is 0 Å². The van der Waals surface area contributed by atoms with Crippen LogP contribution < -0.4 is 25.3 Å². The van der Waals surface area contributed by atoms with E-state index in [0.717, 1.165) is 62.4 Å². The number of hydrogen-bond acceptors (Lipinski definition) is 7. The molecule has 2 aliphatic heterocycles. The summed E-state index contributed by atoms with van der Waals surface area (Å²) in [6.45, 7) is 8.23. The van der Waals surface area contributed by atoms with Crippen molar-refractivity contribution >= 4 is 40.6 Å². The molecule has 0 radical (unpaired) electrons. The lowest BCUT2D eigenvalue weighted by Gasteiger charge is -2.37. The predicted octanol–water partition coefficient (Wildman–Crippen LogP) is 4.18. The molecule has 5 rings (SSSR count). The third-order valence-corrected chi connectivity index (χ3v) is 6.80. The third kappa shape index (κ3) is 6.03. The van der Waals surface area contributed by atoms with E-state index in [9.17, 15) is 0 Å². The maximum Gasteiger partial charge on any atom is 0.232 e. The molecule has 2 aliphatic rings. The lowest BCUT2D eigenvalue weighted by atomic mass is 10.1. The quantitative estimate of drug-likeness (QED) is 0.494. The van der Waals surface area contributed by atoms with Gasteiger partial charge in [0.05, 0.1) is 6.54 Å². The molecule has 0 bridgehead atoms. The molecule has 4 heterocycles. The second kappa shape index (κ2) is 10.9. The van der Waals surface area contributed by atoms with Crippen LogP contribution in [0.25, 0.3) is 0 Å². The molecule has 9 heteroatoms. The van der Waals surface area contributed by atoms with Crippen LogP contribution in [0.1, 0.15) is 30.8 Å². The Kier molecular flexibility index (Phi) is 7.32. The SMILES string of the molecule is Cc1ccc(CNC(=S)Nc2nc(N3CCCCC3)cc(N3CCN(c4ccccc4)CC3)n2)o1. The van der Waals surface area contributed by atoms with E-state index in [0.29, 0.717) is 17.6 Å². The fraction of sp³-hybridized carbons (Fsp3) is 0.423. The van der Waals surface area contributed by atoms with Gasteiger partial charge >= 0.3 is 0 Å². The molecule has 0 spiro atoms. The number of aryl methyl sites for hydroxylation is 1. The zero-order valence-electron chi connectivity index (χ0n) is 20.2. The van der Waals surface area contributed by atoms with Crippen LogP contribution in [-0.4, -0.2) is 54.3 Å². The number of hydrogen-bond donors (Lipinski definition) is 2. The number of nitrogens with zero attached hydrogens (tertiary/aromatic N) is 5. The average molecular weight is 492 g/mol. The zero-order valence-corrected chi connectivity index (χ0v) is 21.1. The fourth-order valence-corrected chi connectivity index (χ4v) is 4.81. The number of anilines is 4. The van der Waals surface area contributed by atoms with Gasteiger partial charge in [0.1, 0.15) is 23.2 Å². The summed E-state index contributed by atoms with van der Waals surface area (Å²) in [6.07, 6.45) is 3.67. The van der Waals surface area contributed by atoms with Crippen LogP contribution in [0.2, 0.25) is 0 Å². The van der Waals surface area contributed by atoms with E-state index in [4.69, 9.17) is 26.6 Å². The van der Waals surface area contributed by atoms with Crippen molar-refractivity contribution in [3.05, 3.63) is 60.1 Å². The number of benzene rings is 1. The first-order chi connectivity index (χ1) is 17.1. The summed E-state index contributed by atoms with van der Waals surface area (Å²) in [5.41, 5.74) is 1.27. The zero-order chi connectivity index (χ0) is 24.0. The number of rotatable bonds is 6. The van der Waals surface area contributed by atoms with Gasteiger partial charge in [-0.25, -0.2) is 0 Å². The number of piperazine rings is 1. The van der Waals surface area contributed by atoms with Crippen LogP contribution >= 0.6 is 12.2 Å². The molecule has 8 nitrogen and oxygen atoms in total. The summed E-state index contributed by atoms with van der Waals surface area (Å²) in [4.78, 5) is 16.8. The molecule has 3 aromatic rings. The van der Waals surface area contributed by atoms with Gasteiger partial charge in [0.2, 0.25) is 5.95 Å². The van der Waals surface area contributed by atoms with Gasteiger partial charge in [-0.15, -0.1) is 0 Å². The Bertz CT molecular complexity index is 1120. The van der Waals surface area contributed by atoms with E-state index >= 15 is 0 Å². The van der Waals surface area contributed by atoms with Gasteiger partial charge in [0, 0.05) is 51.0 Å². The molecule has 0 atom stereocenters. The highest BCUT2D eigenvalue weighted by Crippen LogP contribution is 2.26. The highest BCUT2D eigenvalue weighted by molar-refractivity contribution is 7.80. The van der Waals surface area contributed by atoms with Gasteiger partial charge in [0.25, 0.3) is 0 Å². The smallest absolute Gasteiger partial charge is 0.232 e. The van der Waals surface area contributed by atoms with Crippen LogP contribution in [0.3, 0.4) is 0 Å². The average Bonchev–Trinajstić information content (AvgIpc) is 3.33. The van der Waals surface area contributed by atoms with E-state index in [-0.39, 0.29) is 0 Å². The molecule has 2 aromatic heterocycles. The van der Waals surface area contributed by atoms with Crippen molar-refractivity contribution in [3.8, 4) is 0 Å². The van der Waals surface area contributed by atoms with Crippen molar-refractivity contribution in [3.63, 3.8) is 0 Å². The van der Waals surface area contributed by atoms with Crippen LogP contribution in [0.4, 0.5) is 23.3 Å². The number of piperidine rings is 1. The predicted molar refractivity (Wildman–Crippen MR) is 145 cm³/mol. The molecule has 0 amide bonds. The standard InChI is InChI=1S/C26H33N7OS/c1-20-10-11-22(34-20)19-27-26(35)30-25-28-23(32-12-6-3-7-13-32)18-24(29-25)33-16-14-31(15-17-33)21-8-4-2-5-9-21/h2,4-5,8-11,18H,3,6-7,12-17,19H2,1H3,(H2,27,28,29,30,35). The molecule has 2 saturated heterocycles.